The van der Waals surface area contributed by atoms with Crippen molar-refractivity contribution in [1.82, 2.24) is 5.32 Å². The molecule has 0 fully saturated rings. The Morgan fingerprint density at radius 3 is 2.65 bits per heavy atom. The van der Waals surface area contributed by atoms with Crippen LogP contribution < -0.4 is 5.32 Å². The first-order chi connectivity index (χ1) is 9.63. The molecule has 1 heterocycles. The van der Waals surface area contributed by atoms with Crippen LogP contribution in [0.1, 0.15) is 35.4 Å². The highest BCUT2D eigenvalue weighted by Crippen LogP contribution is 2.26. The molecule has 0 aliphatic carbocycles. The quantitative estimate of drug-likeness (QED) is 0.820. The number of halogens is 2. The molecule has 2 aromatic rings. The van der Waals surface area contributed by atoms with E-state index in [1.165, 1.54) is 4.88 Å². The summed E-state index contributed by atoms with van der Waals surface area (Å²) in [6.45, 7) is 4.42. The molecule has 1 nitrogen and oxygen atoms in total. The van der Waals surface area contributed by atoms with E-state index in [0.29, 0.717) is 17.5 Å². The molecule has 20 heavy (non-hydrogen) atoms. The van der Waals surface area contributed by atoms with Gasteiger partial charge < -0.3 is 5.32 Å². The maximum Gasteiger partial charge on any atom is 0.163 e. The molecule has 1 atom stereocenters. The Bertz CT molecular complexity index is 552. The van der Waals surface area contributed by atoms with Crippen LogP contribution in [-0.2, 0) is 6.42 Å². The molecule has 0 aliphatic rings. The van der Waals surface area contributed by atoms with Crippen molar-refractivity contribution in [3.8, 4) is 0 Å². The van der Waals surface area contributed by atoms with Gasteiger partial charge in [-0.25, -0.2) is 8.78 Å². The zero-order valence-corrected chi connectivity index (χ0v) is 12.6. The van der Waals surface area contributed by atoms with Gasteiger partial charge in [0.2, 0.25) is 0 Å². The Labute approximate surface area is 122 Å². The van der Waals surface area contributed by atoms with Crippen molar-refractivity contribution in [3.63, 3.8) is 0 Å². The second kappa shape index (κ2) is 6.95. The van der Waals surface area contributed by atoms with Crippen molar-refractivity contribution in [3.05, 3.63) is 57.3 Å². The summed E-state index contributed by atoms with van der Waals surface area (Å²) in [6.07, 6.45) is 1.63. The van der Waals surface area contributed by atoms with Crippen LogP contribution >= 0.6 is 11.3 Å². The van der Waals surface area contributed by atoms with E-state index in [4.69, 9.17) is 0 Å². The minimum absolute atomic E-state index is 0.191. The molecule has 1 aromatic heterocycles. The molecular formula is C16H19F2NS. The van der Waals surface area contributed by atoms with Gasteiger partial charge in [-0.15, -0.1) is 11.3 Å². The SMILES string of the molecule is CCCNC(Cc1cccs1)c1ccc(C)c(F)c1F. The zero-order valence-electron chi connectivity index (χ0n) is 11.7. The second-order valence-electron chi connectivity index (χ2n) is 4.89. The number of rotatable bonds is 6. The van der Waals surface area contributed by atoms with Crippen molar-refractivity contribution in [2.75, 3.05) is 6.54 Å². The lowest BCUT2D eigenvalue weighted by Gasteiger charge is -2.19. The summed E-state index contributed by atoms with van der Waals surface area (Å²) in [7, 11) is 0. The number of hydrogen-bond donors (Lipinski definition) is 1. The Hall–Kier alpha value is -1.26. The summed E-state index contributed by atoms with van der Waals surface area (Å²) in [5.74, 6) is -1.47. The van der Waals surface area contributed by atoms with Crippen LogP contribution in [0.3, 0.4) is 0 Å². The van der Waals surface area contributed by atoms with Gasteiger partial charge in [0.05, 0.1) is 0 Å². The summed E-state index contributed by atoms with van der Waals surface area (Å²) in [5, 5.41) is 5.31. The fourth-order valence-electron chi connectivity index (χ4n) is 2.17. The third-order valence-electron chi connectivity index (χ3n) is 3.31. The molecule has 1 aromatic carbocycles. The molecule has 1 N–H and O–H groups in total. The Morgan fingerprint density at radius 2 is 2.00 bits per heavy atom. The maximum atomic E-state index is 14.2. The van der Waals surface area contributed by atoms with Crippen molar-refractivity contribution in [2.45, 2.75) is 32.7 Å². The second-order valence-corrected chi connectivity index (χ2v) is 5.92. The highest BCUT2D eigenvalue weighted by Gasteiger charge is 2.19. The van der Waals surface area contributed by atoms with Crippen molar-refractivity contribution >= 4 is 11.3 Å². The monoisotopic (exact) mass is 295 g/mol. The molecule has 0 bridgehead atoms. The Kier molecular flexibility index (Phi) is 5.26. The minimum Gasteiger partial charge on any atom is -0.310 e. The predicted molar refractivity (Wildman–Crippen MR) is 80.2 cm³/mol. The summed E-state index contributed by atoms with van der Waals surface area (Å²) in [5.41, 5.74) is 0.756. The van der Waals surface area contributed by atoms with Gasteiger partial charge in [-0.3, -0.25) is 0 Å². The van der Waals surface area contributed by atoms with Crippen LogP contribution in [-0.4, -0.2) is 6.54 Å². The standard InChI is InChI=1S/C16H19F2NS/c1-3-8-19-14(10-12-5-4-9-20-12)13-7-6-11(2)15(17)16(13)18/h4-7,9,14,19H,3,8,10H2,1-2H3. The van der Waals surface area contributed by atoms with Crippen LogP contribution in [0, 0.1) is 18.6 Å². The minimum atomic E-state index is -0.739. The zero-order chi connectivity index (χ0) is 14.5. The van der Waals surface area contributed by atoms with E-state index in [1.54, 1.807) is 30.4 Å². The number of nitrogens with one attached hydrogen (secondary N) is 1. The van der Waals surface area contributed by atoms with E-state index in [2.05, 4.69) is 12.2 Å². The molecule has 0 aliphatic heterocycles. The van der Waals surface area contributed by atoms with Gasteiger partial charge in [-0.05, 0) is 36.9 Å². The molecule has 108 valence electrons. The number of hydrogen-bond acceptors (Lipinski definition) is 2. The lowest BCUT2D eigenvalue weighted by Crippen LogP contribution is -2.25. The van der Waals surface area contributed by atoms with Crippen molar-refractivity contribution in [2.24, 2.45) is 0 Å². The Balaban J connectivity index is 2.28. The summed E-state index contributed by atoms with van der Waals surface area (Å²) in [6, 6.07) is 7.14. The van der Waals surface area contributed by atoms with Crippen molar-refractivity contribution in [1.29, 1.82) is 0 Å². The predicted octanol–water partition coefficient (Wildman–Crippen LogP) is 4.62. The smallest absolute Gasteiger partial charge is 0.163 e. The first kappa shape index (κ1) is 15.1. The van der Waals surface area contributed by atoms with E-state index in [1.807, 2.05) is 17.5 Å². The topological polar surface area (TPSA) is 12.0 Å². The number of aryl methyl sites for hydroxylation is 1. The molecule has 2 rings (SSSR count). The van der Waals surface area contributed by atoms with Crippen LogP contribution in [0.5, 0.6) is 0 Å². The first-order valence-corrected chi connectivity index (χ1v) is 7.71. The maximum absolute atomic E-state index is 14.2. The van der Waals surface area contributed by atoms with Gasteiger partial charge in [-0.2, -0.15) is 0 Å². The fourth-order valence-corrected chi connectivity index (χ4v) is 2.92. The van der Waals surface area contributed by atoms with Gasteiger partial charge in [0.15, 0.2) is 11.6 Å². The molecule has 0 spiro atoms. The average Bonchev–Trinajstić information content (AvgIpc) is 2.94. The molecule has 0 saturated carbocycles. The average molecular weight is 295 g/mol. The van der Waals surface area contributed by atoms with Gasteiger partial charge in [-0.1, -0.05) is 25.1 Å². The molecule has 1 unspecified atom stereocenters. The van der Waals surface area contributed by atoms with Crippen molar-refractivity contribution < 1.29 is 8.78 Å². The van der Waals surface area contributed by atoms with E-state index < -0.39 is 11.6 Å². The molecule has 0 radical (unpaired) electrons. The molecule has 0 amide bonds. The first-order valence-electron chi connectivity index (χ1n) is 6.83. The third kappa shape index (κ3) is 3.44. The molecule has 4 heteroatoms. The van der Waals surface area contributed by atoms with Gasteiger partial charge in [0.1, 0.15) is 0 Å². The summed E-state index contributed by atoms with van der Waals surface area (Å²) < 4.78 is 27.9. The van der Waals surface area contributed by atoms with Gasteiger partial charge in [0.25, 0.3) is 0 Å². The fraction of sp³-hybridized carbons (Fsp3) is 0.375. The van der Waals surface area contributed by atoms with Gasteiger partial charge in [0, 0.05) is 22.9 Å². The van der Waals surface area contributed by atoms with E-state index in [-0.39, 0.29) is 6.04 Å². The van der Waals surface area contributed by atoms with E-state index >= 15 is 0 Å². The summed E-state index contributed by atoms with van der Waals surface area (Å²) >= 11 is 1.64. The highest BCUT2D eigenvalue weighted by atomic mass is 32.1. The number of thiophene rings is 1. The van der Waals surface area contributed by atoms with E-state index in [9.17, 15) is 8.78 Å². The Morgan fingerprint density at radius 1 is 1.20 bits per heavy atom. The lowest BCUT2D eigenvalue weighted by molar-refractivity contribution is 0.457. The van der Waals surface area contributed by atoms with Gasteiger partial charge >= 0.3 is 0 Å². The van der Waals surface area contributed by atoms with E-state index in [0.717, 1.165) is 13.0 Å². The molecular weight excluding hydrogens is 276 g/mol. The number of benzene rings is 1. The molecule has 0 saturated heterocycles. The third-order valence-corrected chi connectivity index (χ3v) is 4.21. The normalized spacial score (nSPS) is 12.6. The lowest BCUT2D eigenvalue weighted by atomic mass is 10.00. The summed E-state index contributed by atoms with van der Waals surface area (Å²) in [4.78, 5) is 1.17. The highest BCUT2D eigenvalue weighted by molar-refractivity contribution is 7.09. The van der Waals surface area contributed by atoms with Crippen LogP contribution in [0.2, 0.25) is 0 Å². The van der Waals surface area contributed by atoms with Crippen LogP contribution in [0.15, 0.2) is 29.6 Å². The van der Waals surface area contributed by atoms with Crippen LogP contribution in [0.4, 0.5) is 8.78 Å². The largest absolute Gasteiger partial charge is 0.310 e. The van der Waals surface area contributed by atoms with Crippen LogP contribution in [0.25, 0.3) is 0 Å².